The Kier molecular flexibility index (Phi) is 6.81. The monoisotopic (exact) mass is 445 g/mol. The predicted molar refractivity (Wildman–Crippen MR) is 109 cm³/mol. The minimum absolute atomic E-state index is 0.208. The second kappa shape index (κ2) is 9.50. The highest BCUT2D eigenvalue weighted by molar-refractivity contribution is 9.10. The summed E-state index contributed by atoms with van der Waals surface area (Å²) in [5, 5.41) is 7.24. The Balaban J connectivity index is 1.47. The van der Waals surface area contributed by atoms with Gasteiger partial charge in [-0.15, -0.1) is 5.10 Å². The molecule has 1 N–H and O–H groups in total. The van der Waals surface area contributed by atoms with E-state index >= 15 is 0 Å². The summed E-state index contributed by atoms with van der Waals surface area (Å²) in [6.45, 7) is 2.20. The number of hydrogen-bond acceptors (Lipinski definition) is 3. The molecule has 3 aromatic rings. The number of carbonyl (C=O) groups is 1. The summed E-state index contributed by atoms with van der Waals surface area (Å²) in [4.78, 5) is 12.3. The number of ether oxygens (including phenoxy) is 1. The van der Waals surface area contributed by atoms with E-state index in [1.54, 1.807) is 29.9 Å². The van der Waals surface area contributed by atoms with Crippen LogP contribution in [0.1, 0.15) is 18.9 Å². The van der Waals surface area contributed by atoms with Crippen LogP contribution in [0.25, 0.3) is 5.69 Å². The highest BCUT2D eigenvalue weighted by Crippen LogP contribution is 2.25. The molecule has 0 saturated heterocycles. The molecule has 0 spiro atoms. The topological polar surface area (TPSA) is 56.2 Å². The van der Waals surface area contributed by atoms with Gasteiger partial charge in [-0.1, -0.05) is 30.3 Å². The Morgan fingerprint density at radius 2 is 1.93 bits per heavy atom. The van der Waals surface area contributed by atoms with Crippen LogP contribution in [-0.4, -0.2) is 28.3 Å². The van der Waals surface area contributed by atoms with Gasteiger partial charge >= 0.3 is 0 Å². The van der Waals surface area contributed by atoms with Crippen LogP contribution in [0, 0.1) is 5.82 Å². The zero-order valence-electron chi connectivity index (χ0n) is 15.4. The van der Waals surface area contributed by atoms with Gasteiger partial charge in [0.2, 0.25) is 5.88 Å². The molecule has 0 bridgehead atoms. The minimum atomic E-state index is -0.679. The van der Waals surface area contributed by atoms with Gasteiger partial charge in [0.1, 0.15) is 5.82 Å². The highest BCUT2D eigenvalue weighted by atomic mass is 79.9. The number of nitrogens with zero attached hydrogens (tertiary/aromatic N) is 2. The summed E-state index contributed by atoms with van der Waals surface area (Å²) in [5.74, 6) is -0.0954. The Morgan fingerprint density at radius 3 is 2.64 bits per heavy atom. The second-order valence-corrected chi connectivity index (χ2v) is 7.20. The number of aromatic nitrogens is 2. The Morgan fingerprint density at radius 1 is 1.21 bits per heavy atom. The molecule has 0 unspecified atom stereocenters. The van der Waals surface area contributed by atoms with Crippen LogP contribution in [-0.2, 0) is 11.2 Å². The van der Waals surface area contributed by atoms with E-state index in [0.717, 1.165) is 24.1 Å². The zero-order valence-corrected chi connectivity index (χ0v) is 17.0. The molecular weight excluding hydrogens is 425 g/mol. The molecule has 2 aromatic carbocycles. The number of aryl methyl sites for hydroxylation is 1. The van der Waals surface area contributed by atoms with Crippen LogP contribution >= 0.6 is 15.9 Å². The SMILES string of the molecule is C[C@@H](Oc1nn(-c2ccccc2)cc1Br)C(=O)NCCCc1ccc(F)cc1. The molecule has 0 aliphatic rings. The molecule has 0 aliphatic heterocycles. The first kappa shape index (κ1) is 20.1. The number of carbonyl (C=O) groups excluding carboxylic acids is 1. The number of nitrogens with one attached hydrogen (secondary N) is 1. The van der Waals surface area contributed by atoms with Gasteiger partial charge in [0.05, 0.1) is 10.2 Å². The lowest BCUT2D eigenvalue weighted by atomic mass is 10.1. The van der Waals surface area contributed by atoms with Gasteiger partial charge < -0.3 is 10.1 Å². The summed E-state index contributed by atoms with van der Waals surface area (Å²) in [6.07, 6.45) is 2.64. The van der Waals surface area contributed by atoms with Crippen molar-refractivity contribution in [3.05, 3.63) is 76.6 Å². The average molecular weight is 446 g/mol. The molecule has 5 nitrogen and oxygen atoms in total. The number of rotatable bonds is 8. The lowest BCUT2D eigenvalue weighted by molar-refractivity contribution is -0.127. The lowest BCUT2D eigenvalue weighted by Crippen LogP contribution is -2.37. The van der Waals surface area contributed by atoms with E-state index in [9.17, 15) is 9.18 Å². The molecule has 7 heteroatoms. The maximum absolute atomic E-state index is 12.9. The number of halogens is 2. The van der Waals surface area contributed by atoms with Crippen molar-refractivity contribution in [1.29, 1.82) is 0 Å². The van der Waals surface area contributed by atoms with Crippen molar-refractivity contribution in [1.82, 2.24) is 15.1 Å². The molecule has 1 aromatic heterocycles. The van der Waals surface area contributed by atoms with Crippen molar-refractivity contribution in [2.45, 2.75) is 25.9 Å². The molecule has 28 heavy (non-hydrogen) atoms. The maximum atomic E-state index is 12.9. The van der Waals surface area contributed by atoms with Gasteiger partial charge in [-0.05, 0) is 65.5 Å². The molecular formula is C21H21BrFN3O2. The Hall–Kier alpha value is -2.67. The number of benzene rings is 2. The van der Waals surface area contributed by atoms with Crippen LogP contribution in [0.4, 0.5) is 4.39 Å². The largest absolute Gasteiger partial charge is 0.463 e. The quantitative estimate of drug-likeness (QED) is 0.526. The van der Waals surface area contributed by atoms with E-state index < -0.39 is 6.10 Å². The zero-order chi connectivity index (χ0) is 19.9. The van der Waals surface area contributed by atoms with Gasteiger partial charge in [0.25, 0.3) is 5.91 Å². The van der Waals surface area contributed by atoms with Crippen molar-refractivity contribution in [2.24, 2.45) is 0 Å². The van der Waals surface area contributed by atoms with Gasteiger partial charge in [0, 0.05) is 12.7 Å². The first-order valence-corrected chi connectivity index (χ1v) is 9.81. The fourth-order valence-corrected chi connectivity index (χ4v) is 3.02. The predicted octanol–water partition coefficient (Wildman–Crippen LogP) is 4.29. The minimum Gasteiger partial charge on any atom is -0.463 e. The van der Waals surface area contributed by atoms with E-state index in [1.165, 1.54) is 12.1 Å². The second-order valence-electron chi connectivity index (χ2n) is 6.34. The summed E-state index contributed by atoms with van der Waals surface area (Å²) >= 11 is 3.42. The average Bonchev–Trinajstić information content (AvgIpc) is 3.07. The van der Waals surface area contributed by atoms with Gasteiger partial charge in [-0.25, -0.2) is 9.07 Å². The molecule has 0 fully saturated rings. The third kappa shape index (κ3) is 5.42. The third-order valence-electron chi connectivity index (χ3n) is 4.17. The number of para-hydroxylation sites is 1. The summed E-state index contributed by atoms with van der Waals surface area (Å²) < 4.78 is 21.0. The first-order chi connectivity index (χ1) is 13.5. The van der Waals surface area contributed by atoms with Crippen LogP contribution in [0.2, 0.25) is 0 Å². The standard InChI is InChI=1S/C21H21BrFN3O2/c1-15(20(27)24-13-5-6-16-9-11-17(23)12-10-16)28-21-19(22)14-26(25-21)18-7-3-2-4-8-18/h2-4,7-12,14-15H,5-6,13H2,1H3,(H,24,27)/t15-/m1/s1. The van der Waals surface area contributed by atoms with Crippen molar-refractivity contribution < 1.29 is 13.9 Å². The molecule has 0 saturated carbocycles. The number of hydrogen-bond donors (Lipinski definition) is 1. The van der Waals surface area contributed by atoms with Gasteiger partial charge in [-0.3, -0.25) is 4.79 Å². The molecule has 0 aliphatic carbocycles. The van der Waals surface area contributed by atoms with Crippen molar-refractivity contribution in [2.75, 3.05) is 6.54 Å². The molecule has 1 atom stereocenters. The van der Waals surface area contributed by atoms with Crippen LogP contribution in [0.15, 0.2) is 65.3 Å². The fourth-order valence-electron chi connectivity index (χ4n) is 2.65. The van der Waals surface area contributed by atoms with Crippen LogP contribution < -0.4 is 10.1 Å². The maximum Gasteiger partial charge on any atom is 0.260 e. The lowest BCUT2D eigenvalue weighted by Gasteiger charge is -2.13. The van der Waals surface area contributed by atoms with Crippen LogP contribution in [0.5, 0.6) is 5.88 Å². The van der Waals surface area contributed by atoms with Crippen molar-refractivity contribution in [3.63, 3.8) is 0 Å². The van der Waals surface area contributed by atoms with Gasteiger partial charge in [0.15, 0.2) is 6.10 Å². The molecule has 0 radical (unpaired) electrons. The molecule has 1 heterocycles. The first-order valence-electron chi connectivity index (χ1n) is 9.02. The fraction of sp³-hybridized carbons (Fsp3) is 0.238. The van der Waals surface area contributed by atoms with Crippen molar-refractivity contribution >= 4 is 21.8 Å². The summed E-state index contributed by atoms with van der Waals surface area (Å²) in [5.41, 5.74) is 1.94. The summed E-state index contributed by atoms with van der Waals surface area (Å²) in [7, 11) is 0. The van der Waals surface area contributed by atoms with Gasteiger partial charge in [-0.2, -0.15) is 0 Å². The Bertz CT molecular complexity index is 913. The Labute approximate surface area is 171 Å². The smallest absolute Gasteiger partial charge is 0.260 e. The van der Waals surface area contributed by atoms with E-state index in [0.29, 0.717) is 16.9 Å². The summed E-state index contributed by atoms with van der Waals surface area (Å²) in [6, 6.07) is 16.0. The van der Waals surface area contributed by atoms with E-state index in [2.05, 4.69) is 26.3 Å². The van der Waals surface area contributed by atoms with E-state index in [1.807, 2.05) is 30.3 Å². The molecule has 146 valence electrons. The van der Waals surface area contributed by atoms with E-state index in [-0.39, 0.29) is 11.7 Å². The van der Waals surface area contributed by atoms with E-state index in [4.69, 9.17) is 4.74 Å². The number of amides is 1. The molecule has 1 amide bonds. The molecule has 3 rings (SSSR count). The van der Waals surface area contributed by atoms with Crippen LogP contribution in [0.3, 0.4) is 0 Å². The van der Waals surface area contributed by atoms with Crippen molar-refractivity contribution in [3.8, 4) is 11.6 Å². The third-order valence-corrected chi connectivity index (χ3v) is 4.72. The highest BCUT2D eigenvalue weighted by Gasteiger charge is 2.18. The normalized spacial score (nSPS) is 11.8.